The second kappa shape index (κ2) is 6.96. The number of rotatable bonds is 3. The van der Waals surface area contributed by atoms with Crippen LogP contribution in [0.3, 0.4) is 0 Å². The third-order valence-electron chi connectivity index (χ3n) is 6.03. The Hall–Kier alpha value is -1.59. The predicted octanol–water partition coefficient (Wildman–Crippen LogP) is 2.52. The van der Waals surface area contributed by atoms with Gasteiger partial charge in [-0.1, -0.05) is 25.1 Å². The highest BCUT2D eigenvalue weighted by Gasteiger charge is 2.43. The summed E-state index contributed by atoms with van der Waals surface area (Å²) in [6, 6.07) is 8.20. The number of para-hydroxylation sites is 1. The molecule has 2 unspecified atom stereocenters. The summed E-state index contributed by atoms with van der Waals surface area (Å²) in [7, 11) is 0. The molecule has 0 bridgehead atoms. The number of nitrogens with one attached hydrogen (secondary N) is 1. The van der Waals surface area contributed by atoms with Gasteiger partial charge in [0.25, 0.3) is 0 Å². The van der Waals surface area contributed by atoms with E-state index in [1.54, 1.807) is 0 Å². The van der Waals surface area contributed by atoms with E-state index in [4.69, 9.17) is 9.47 Å². The molecule has 3 heterocycles. The molecule has 0 radical (unpaired) electrons. The van der Waals surface area contributed by atoms with E-state index in [0.717, 1.165) is 56.6 Å². The van der Waals surface area contributed by atoms with Crippen LogP contribution in [-0.2, 0) is 9.53 Å². The number of piperidine rings is 1. The molecular formula is C20H28N2O3. The number of carbonyl (C=O) groups is 1. The van der Waals surface area contributed by atoms with E-state index in [9.17, 15) is 4.79 Å². The minimum absolute atomic E-state index is 0.00658. The van der Waals surface area contributed by atoms with Crippen LogP contribution in [-0.4, -0.2) is 49.3 Å². The Labute approximate surface area is 149 Å². The summed E-state index contributed by atoms with van der Waals surface area (Å²) in [4.78, 5) is 15.1. The van der Waals surface area contributed by atoms with E-state index in [1.807, 2.05) is 18.2 Å². The van der Waals surface area contributed by atoms with Gasteiger partial charge in [-0.25, -0.2) is 0 Å². The first-order valence-electron chi connectivity index (χ1n) is 9.57. The zero-order valence-corrected chi connectivity index (χ0v) is 15.0. The van der Waals surface area contributed by atoms with Crippen molar-refractivity contribution < 1.29 is 14.3 Å². The molecule has 136 valence electrons. The first kappa shape index (κ1) is 16.9. The van der Waals surface area contributed by atoms with Crippen molar-refractivity contribution in [1.29, 1.82) is 0 Å². The van der Waals surface area contributed by atoms with Gasteiger partial charge in [0.05, 0.1) is 18.6 Å². The third-order valence-corrected chi connectivity index (χ3v) is 6.03. The van der Waals surface area contributed by atoms with Crippen molar-refractivity contribution in [1.82, 2.24) is 10.2 Å². The van der Waals surface area contributed by atoms with Crippen molar-refractivity contribution in [3.05, 3.63) is 29.8 Å². The molecular weight excluding hydrogens is 316 g/mol. The monoisotopic (exact) mass is 344 g/mol. The third kappa shape index (κ3) is 3.40. The van der Waals surface area contributed by atoms with Crippen LogP contribution < -0.4 is 10.1 Å². The molecule has 1 aromatic rings. The molecule has 1 aromatic carbocycles. The van der Waals surface area contributed by atoms with Crippen LogP contribution in [0.4, 0.5) is 0 Å². The Morgan fingerprint density at radius 3 is 2.84 bits per heavy atom. The van der Waals surface area contributed by atoms with Gasteiger partial charge in [-0.05, 0) is 31.9 Å². The first-order chi connectivity index (χ1) is 12.2. The number of hydrogen-bond acceptors (Lipinski definition) is 4. The number of hydrogen-bond donors (Lipinski definition) is 1. The van der Waals surface area contributed by atoms with Crippen molar-refractivity contribution in [3.8, 4) is 5.75 Å². The molecule has 3 aliphatic heterocycles. The molecule has 1 N–H and O–H groups in total. The van der Waals surface area contributed by atoms with Gasteiger partial charge in [0.1, 0.15) is 11.4 Å². The molecule has 2 saturated heterocycles. The van der Waals surface area contributed by atoms with Crippen LogP contribution in [0.2, 0.25) is 0 Å². The Morgan fingerprint density at radius 2 is 2.12 bits per heavy atom. The van der Waals surface area contributed by atoms with Crippen LogP contribution >= 0.6 is 0 Å². The van der Waals surface area contributed by atoms with Crippen LogP contribution in [0.1, 0.15) is 44.2 Å². The smallest absolute Gasteiger partial charge is 0.226 e. The normalized spacial score (nSPS) is 28.4. The van der Waals surface area contributed by atoms with Crippen LogP contribution in [0.15, 0.2) is 24.3 Å². The van der Waals surface area contributed by atoms with Crippen LogP contribution in [0, 0.1) is 5.92 Å². The van der Waals surface area contributed by atoms with E-state index in [-0.39, 0.29) is 23.5 Å². The van der Waals surface area contributed by atoms with Crippen molar-refractivity contribution in [2.75, 3.05) is 32.8 Å². The summed E-state index contributed by atoms with van der Waals surface area (Å²) < 4.78 is 11.9. The average molecular weight is 344 g/mol. The Balaban J connectivity index is 1.54. The fourth-order valence-corrected chi connectivity index (χ4v) is 4.36. The summed E-state index contributed by atoms with van der Waals surface area (Å²) in [5.74, 6) is 1.06. The van der Waals surface area contributed by atoms with Gasteiger partial charge in [0, 0.05) is 31.7 Å². The van der Waals surface area contributed by atoms with Crippen molar-refractivity contribution in [2.45, 2.75) is 44.2 Å². The van der Waals surface area contributed by atoms with E-state index in [2.05, 4.69) is 23.2 Å². The van der Waals surface area contributed by atoms with E-state index >= 15 is 0 Å². The number of amides is 1. The summed E-state index contributed by atoms with van der Waals surface area (Å²) >= 11 is 0. The van der Waals surface area contributed by atoms with Crippen LogP contribution in [0.25, 0.3) is 0 Å². The molecule has 1 spiro atoms. The Kier molecular flexibility index (Phi) is 4.69. The lowest BCUT2D eigenvalue weighted by atomic mass is 9.80. The predicted molar refractivity (Wildman–Crippen MR) is 95.6 cm³/mol. The van der Waals surface area contributed by atoms with E-state index in [1.165, 1.54) is 0 Å². The fraction of sp³-hybridized carbons (Fsp3) is 0.650. The SMILES string of the molecule is CCN1CCC2(CC1)CC(NC(=O)C1CCOC1)c1ccccc1O2. The number of benzene rings is 1. The lowest BCUT2D eigenvalue weighted by Gasteiger charge is -2.47. The maximum absolute atomic E-state index is 12.7. The van der Waals surface area contributed by atoms with E-state index in [0.29, 0.717) is 13.2 Å². The number of carbonyl (C=O) groups excluding carboxylic acids is 1. The Bertz CT molecular complexity index is 619. The zero-order valence-electron chi connectivity index (χ0n) is 15.0. The second-order valence-corrected chi connectivity index (χ2v) is 7.58. The molecule has 0 aromatic heterocycles. The van der Waals surface area contributed by atoms with E-state index < -0.39 is 0 Å². The first-order valence-corrected chi connectivity index (χ1v) is 9.57. The van der Waals surface area contributed by atoms with Crippen molar-refractivity contribution in [2.24, 2.45) is 5.92 Å². The van der Waals surface area contributed by atoms with Crippen molar-refractivity contribution in [3.63, 3.8) is 0 Å². The summed E-state index contributed by atoms with van der Waals surface area (Å²) in [5.41, 5.74) is 0.961. The topological polar surface area (TPSA) is 50.8 Å². The number of likely N-dealkylation sites (tertiary alicyclic amines) is 1. The molecule has 2 fully saturated rings. The maximum atomic E-state index is 12.7. The molecule has 1 amide bonds. The highest BCUT2D eigenvalue weighted by atomic mass is 16.5. The molecule has 3 aliphatic rings. The molecule has 25 heavy (non-hydrogen) atoms. The molecule has 0 aliphatic carbocycles. The number of nitrogens with zero attached hydrogens (tertiary/aromatic N) is 1. The zero-order chi connectivity index (χ0) is 17.3. The average Bonchev–Trinajstić information content (AvgIpc) is 3.17. The quantitative estimate of drug-likeness (QED) is 0.915. The molecule has 0 saturated carbocycles. The van der Waals surface area contributed by atoms with Gasteiger partial charge in [-0.2, -0.15) is 0 Å². The maximum Gasteiger partial charge on any atom is 0.226 e. The fourth-order valence-electron chi connectivity index (χ4n) is 4.36. The van der Waals surface area contributed by atoms with Gasteiger partial charge >= 0.3 is 0 Å². The highest BCUT2D eigenvalue weighted by Crippen LogP contribution is 2.44. The van der Waals surface area contributed by atoms with Gasteiger partial charge in [0.2, 0.25) is 5.91 Å². The van der Waals surface area contributed by atoms with Crippen molar-refractivity contribution >= 4 is 5.91 Å². The highest BCUT2D eigenvalue weighted by molar-refractivity contribution is 5.79. The lowest BCUT2D eigenvalue weighted by molar-refractivity contribution is -0.126. The second-order valence-electron chi connectivity index (χ2n) is 7.58. The summed E-state index contributed by atoms with van der Waals surface area (Å²) in [5, 5.41) is 3.30. The standard InChI is InChI=1S/C20H28N2O3/c1-2-22-10-8-20(9-11-22)13-17(16-5-3-4-6-18(16)25-20)21-19(23)15-7-12-24-14-15/h3-6,15,17H,2,7-14H2,1H3,(H,21,23). The molecule has 4 rings (SSSR count). The molecule has 5 nitrogen and oxygen atoms in total. The van der Waals surface area contributed by atoms with Gasteiger partial charge in [-0.15, -0.1) is 0 Å². The molecule has 2 atom stereocenters. The summed E-state index contributed by atoms with van der Waals surface area (Å²) in [6.45, 7) is 6.67. The van der Waals surface area contributed by atoms with Crippen LogP contribution in [0.5, 0.6) is 5.75 Å². The van der Waals surface area contributed by atoms with Gasteiger partial charge < -0.3 is 19.7 Å². The number of fused-ring (bicyclic) bond motifs is 1. The lowest BCUT2D eigenvalue weighted by Crippen LogP contribution is -2.52. The molecule has 5 heteroatoms. The Morgan fingerprint density at radius 1 is 1.32 bits per heavy atom. The minimum atomic E-state index is -0.149. The largest absolute Gasteiger partial charge is 0.487 e. The number of ether oxygens (including phenoxy) is 2. The van der Waals surface area contributed by atoms with Gasteiger partial charge in [-0.3, -0.25) is 4.79 Å². The van der Waals surface area contributed by atoms with Gasteiger partial charge in [0.15, 0.2) is 0 Å². The summed E-state index contributed by atoms with van der Waals surface area (Å²) in [6.07, 6.45) is 3.73. The minimum Gasteiger partial charge on any atom is -0.487 e.